The van der Waals surface area contributed by atoms with Gasteiger partial charge in [0.05, 0.1) is 13.1 Å². The zero-order valence-electron chi connectivity index (χ0n) is 16.1. The van der Waals surface area contributed by atoms with E-state index in [-0.39, 0.29) is 0 Å². The van der Waals surface area contributed by atoms with E-state index in [1.807, 2.05) is 32.0 Å². The lowest BCUT2D eigenvalue weighted by Crippen LogP contribution is -2.44. The first-order valence-corrected chi connectivity index (χ1v) is 9.28. The van der Waals surface area contributed by atoms with E-state index < -0.39 is 5.60 Å². The number of fused-ring (bicyclic) bond motifs is 1. The molecule has 0 saturated heterocycles. The Balaban J connectivity index is 1.73. The monoisotopic (exact) mass is 365 g/mol. The van der Waals surface area contributed by atoms with E-state index in [9.17, 15) is 5.11 Å². The van der Waals surface area contributed by atoms with Gasteiger partial charge in [-0.3, -0.25) is 0 Å². The van der Waals surface area contributed by atoms with Crippen LogP contribution >= 0.6 is 0 Å². The quantitative estimate of drug-likeness (QED) is 0.460. The van der Waals surface area contributed by atoms with Crippen LogP contribution < -0.4 is 10.6 Å². The first-order valence-electron chi connectivity index (χ1n) is 9.28. The molecule has 0 aliphatic heterocycles. The molecule has 2 aromatic carbocycles. The van der Waals surface area contributed by atoms with Crippen LogP contribution in [0.15, 0.2) is 64.0 Å². The highest BCUT2D eigenvalue weighted by molar-refractivity contribution is 5.86. The van der Waals surface area contributed by atoms with Crippen molar-refractivity contribution in [1.82, 2.24) is 10.6 Å². The van der Waals surface area contributed by atoms with Crippen LogP contribution in [0.2, 0.25) is 0 Å². The Kier molecular flexibility index (Phi) is 5.81. The van der Waals surface area contributed by atoms with Crippen LogP contribution in [-0.4, -0.2) is 24.2 Å². The largest absolute Gasteiger partial charge is 0.463 e. The van der Waals surface area contributed by atoms with Gasteiger partial charge in [0.1, 0.15) is 17.1 Å². The van der Waals surface area contributed by atoms with E-state index in [0.29, 0.717) is 24.8 Å². The van der Waals surface area contributed by atoms with Crippen molar-refractivity contribution in [3.8, 4) is 0 Å². The SMILES string of the molecule is CCNC(=NCc1cccc2ccccc12)NCC(C)(O)c1ccc(C)o1. The molecule has 5 nitrogen and oxygen atoms in total. The maximum atomic E-state index is 10.7. The second-order valence-electron chi connectivity index (χ2n) is 6.87. The van der Waals surface area contributed by atoms with Gasteiger partial charge in [-0.05, 0) is 49.2 Å². The molecule has 3 rings (SSSR count). The minimum atomic E-state index is -1.12. The summed E-state index contributed by atoms with van der Waals surface area (Å²) in [6.45, 7) is 7.20. The van der Waals surface area contributed by atoms with Gasteiger partial charge in [0, 0.05) is 6.54 Å². The van der Waals surface area contributed by atoms with Crippen LogP contribution in [0.5, 0.6) is 0 Å². The summed E-state index contributed by atoms with van der Waals surface area (Å²) in [7, 11) is 0. The van der Waals surface area contributed by atoms with Gasteiger partial charge >= 0.3 is 0 Å². The summed E-state index contributed by atoms with van der Waals surface area (Å²) >= 11 is 0. The Labute approximate surface area is 160 Å². The van der Waals surface area contributed by atoms with Crippen LogP contribution in [0, 0.1) is 6.92 Å². The number of guanidine groups is 1. The maximum Gasteiger partial charge on any atom is 0.191 e. The number of furan rings is 1. The molecule has 142 valence electrons. The molecule has 1 unspecified atom stereocenters. The van der Waals surface area contributed by atoms with E-state index in [1.54, 1.807) is 13.0 Å². The molecule has 0 fully saturated rings. The van der Waals surface area contributed by atoms with Crippen LogP contribution in [0.3, 0.4) is 0 Å². The highest BCUT2D eigenvalue weighted by Gasteiger charge is 2.27. The van der Waals surface area contributed by atoms with Crippen LogP contribution in [0.4, 0.5) is 0 Å². The lowest BCUT2D eigenvalue weighted by molar-refractivity contribution is 0.0378. The van der Waals surface area contributed by atoms with Crippen molar-refractivity contribution in [3.63, 3.8) is 0 Å². The average molecular weight is 365 g/mol. The summed E-state index contributed by atoms with van der Waals surface area (Å²) in [5, 5.41) is 19.6. The number of nitrogens with zero attached hydrogens (tertiary/aromatic N) is 1. The molecular weight excluding hydrogens is 338 g/mol. The predicted octanol–water partition coefficient (Wildman–Crippen LogP) is 3.70. The fraction of sp³-hybridized carbons (Fsp3) is 0.318. The number of aliphatic imine (C=N–C) groups is 1. The summed E-state index contributed by atoms with van der Waals surface area (Å²) in [6.07, 6.45) is 0. The first kappa shape index (κ1) is 19.0. The number of nitrogens with one attached hydrogen (secondary N) is 2. The third-order valence-corrected chi connectivity index (χ3v) is 4.50. The molecule has 1 heterocycles. The zero-order chi connectivity index (χ0) is 19.3. The third-order valence-electron chi connectivity index (χ3n) is 4.50. The van der Waals surface area contributed by atoms with E-state index in [2.05, 4.69) is 46.0 Å². The molecule has 0 aliphatic carbocycles. The summed E-state index contributed by atoms with van der Waals surface area (Å²) in [5.74, 6) is 1.98. The van der Waals surface area contributed by atoms with E-state index >= 15 is 0 Å². The average Bonchev–Trinajstić information content (AvgIpc) is 3.11. The normalized spacial score (nSPS) is 14.1. The van der Waals surface area contributed by atoms with Crippen molar-refractivity contribution < 1.29 is 9.52 Å². The molecular formula is C22H27N3O2. The van der Waals surface area contributed by atoms with Gasteiger partial charge in [-0.25, -0.2) is 4.99 Å². The summed E-state index contributed by atoms with van der Waals surface area (Å²) in [5.41, 5.74) is 0.0443. The molecule has 0 bridgehead atoms. The van der Waals surface area contributed by atoms with Gasteiger partial charge < -0.3 is 20.2 Å². The number of benzene rings is 2. The number of aryl methyl sites for hydroxylation is 1. The fourth-order valence-corrected chi connectivity index (χ4v) is 3.00. The molecule has 5 heteroatoms. The van der Waals surface area contributed by atoms with Crippen LogP contribution in [0.25, 0.3) is 10.8 Å². The highest BCUT2D eigenvalue weighted by Crippen LogP contribution is 2.22. The number of hydrogen-bond donors (Lipinski definition) is 3. The molecule has 3 aromatic rings. The van der Waals surface area contributed by atoms with E-state index in [0.717, 1.165) is 12.3 Å². The van der Waals surface area contributed by atoms with Crippen LogP contribution in [-0.2, 0) is 12.1 Å². The van der Waals surface area contributed by atoms with Gasteiger partial charge in [0.2, 0.25) is 0 Å². The maximum absolute atomic E-state index is 10.7. The summed E-state index contributed by atoms with van der Waals surface area (Å²) in [4.78, 5) is 4.69. The topological polar surface area (TPSA) is 69.8 Å². The van der Waals surface area contributed by atoms with Crippen molar-refractivity contribution in [2.24, 2.45) is 4.99 Å². The summed E-state index contributed by atoms with van der Waals surface area (Å²) < 4.78 is 5.57. The Bertz CT molecular complexity index is 923. The Morgan fingerprint density at radius 1 is 1.07 bits per heavy atom. The Morgan fingerprint density at radius 2 is 1.85 bits per heavy atom. The fourth-order valence-electron chi connectivity index (χ4n) is 3.00. The standard InChI is InChI=1S/C22H27N3O2/c1-4-23-21(25-15-22(3,26)20-13-12-16(2)27-20)24-14-18-10-7-9-17-8-5-6-11-19(17)18/h5-13,26H,4,14-15H2,1-3H3,(H2,23,24,25). The minimum absolute atomic E-state index is 0.293. The van der Waals surface area contributed by atoms with E-state index in [1.165, 1.54) is 16.3 Å². The van der Waals surface area contributed by atoms with E-state index in [4.69, 9.17) is 4.42 Å². The molecule has 0 aliphatic rings. The summed E-state index contributed by atoms with van der Waals surface area (Å²) in [6, 6.07) is 18.2. The van der Waals surface area contributed by atoms with Gasteiger partial charge in [-0.1, -0.05) is 42.5 Å². The van der Waals surface area contributed by atoms with Gasteiger partial charge in [-0.15, -0.1) is 0 Å². The molecule has 0 spiro atoms. The van der Waals surface area contributed by atoms with Gasteiger partial charge in [-0.2, -0.15) is 0 Å². The molecule has 0 amide bonds. The number of hydrogen-bond acceptors (Lipinski definition) is 3. The van der Waals surface area contributed by atoms with Crippen molar-refractivity contribution in [2.75, 3.05) is 13.1 Å². The Hall–Kier alpha value is -2.79. The van der Waals surface area contributed by atoms with Gasteiger partial charge in [0.25, 0.3) is 0 Å². The second kappa shape index (κ2) is 8.27. The smallest absolute Gasteiger partial charge is 0.191 e. The molecule has 1 aromatic heterocycles. The number of aliphatic hydroxyl groups is 1. The molecule has 1 atom stereocenters. The second-order valence-corrected chi connectivity index (χ2v) is 6.87. The molecule has 27 heavy (non-hydrogen) atoms. The van der Waals surface area contributed by atoms with Crippen molar-refractivity contribution in [3.05, 3.63) is 71.7 Å². The number of rotatable bonds is 6. The lowest BCUT2D eigenvalue weighted by Gasteiger charge is -2.23. The third kappa shape index (κ3) is 4.68. The zero-order valence-corrected chi connectivity index (χ0v) is 16.1. The minimum Gasteiger partial charge on any atom is -0.463 e. The molecule has 0 saturated carbocycles. The molecule has 3 N–H and O–H groups in total. The van der Waals surface area contributed by atoms with Crippen LogP contribution in [0.1, 0.15) is 30.9 Å². The highest BCUT2D eigenvalue weighted by atomic mass is 16.4. The predicted molar refractivity (Wildman–Crippen MR) is 110 cm³/mol. The van der Waals surface area contributed by atoms with Gasteiger partial charge in [0.15, 0.2) is 5.96 Å². The Morgan fingerprint density at radius 3 is 2.59 bits per heavy atom. The molecule has 0 radical (unpaired) electrons. The van der Waals surface area contributed by atoms with Crippen molar-refractivity contribution in [1.29, 1.82) is 0 Å². The van der Waals surface area contributed by atoms with Crippen molar-refractivity contribution >= 4 is 16.7 Å². The van der Waals surface area contributed by atoms with Crippen molar-refractivity contribution in [2.45, 2.75) is 32.9 Å². The first-order chi connectivity index (χ1) is 13.0. The lowest BCUT2D eigenvalue weighted by atomic mass is 10.0.